The summed E-state index contributed by atoms with van der Waals surface area (Å²) in [6, 6.07) is 6.76. The summed E-state index contributed by atoms with van der Waals surface area (Å²) in [7, 11) is -3.15. The van der Waals surface area contributed by atoms with Gasteiger partial charge in [-0.15, -0.1) is 0 Å². The summed E-state index contributed by atoms with van der Waals surface area (Å²) in [4.78, 5) is 0. The Bertz CT molecular complexity index is 649. The smallest absolute Gasteiger partial charge is 0.151 e. The lowest BCUT2D eigenvalue weighted by atomic mass is 10.0. The highest BCUT2D eigenvalue weighted by atomic mass is 35.5. The van der Waals surface area contributed by atoms with Gasteiger partial charge in [-0.25, -0.2) is 8.42 Å². The summed E-state index contributed by atoms with van der Waals surface area (Å²) in [6.45, 7) is 1.59. The monoisotopic (exact) mass is 328 g/mol. The number of halogens is 1. The van der Waals surface area contributed by atoms with Crippen LogP contribution in [-0.4, -0.2) is 39.6 Å². The first kappa shape index (κ1) is 16.1. The van der Waals surface area contributed by atoms with Gasteiger partial charge in [-0.05, 0) is 31.2 Å². The molecule has 0 saturated carbocycles. The van der Waals surface area contributed by atoms with E-state index in [-0.39, 0.29) is 11.7 Å². The van der Waals surface area contributed by atoms with Crippen LogP contribution in [0.5, 0.6) is 5.75 Å². The topological polar surface area (TPSA) is 79.2 Å². The fraction of sp³-hybridized carbons (Fsp3) is 0.500. The van der Waals surface area contributed by atoms with Crippen LogP contribution < -0.4 is 10.1 Å². The zero-order chi connectivity index (χ0) is 15.5. The number of nitriles is 1. The summed E-state index contributed by atoms with van der Waals surface area (Å²) in [5.41, 5.74) is 0.316. The third-order valence-corrected chi connectivity index (χ3v) is 4.70. The molecule has 21 heavy (non-hydrogen) atoms. The molecule has 1 aromatic carbocycles. The van der Waals surface area contributed by atoms with E-state index in [0.29, 0.717) is 16.3 Å². The molecule has 1 aliphatic heterocycles. The van der Waals surface area contributed by atoms with Gasteiger partial charge in [0.15, 0.2) is 9.84 Å². The number of benzene rings is 1. The van der Waals surface area contributed by atoms with Crippen molar-refractivity contribution < 1.29 is 13.2 Å². The highest BCUT2D eigenvalue weighted by Gasteiger charge is 2.29. The molecule has 2 rings (SSSR count). The van der Waals surface area contributed by atoms with Crippen molar-refractivity contribution >= 4 is 21.4 Å². The van der Waals surface area contributed by atoms with Gasteiger partial charge in [0.05, 0.1) is 16.3 Å². The van der Waals surface area contributed by atoms with Crippen molar-refractivity contribution in [3.05, 3.63) is 28.8 Å². The molecule has 0 aliphatic carbocycles. The minimum atomic E-state index is -3.15. The number of ether oxygens (including phenoxy) is 1. The Balaban J connectivity index is 2.20. The van der Waals surface area contributed by atoms with E-state index in [4.69, 9.17) is 21.6 Å². The van der Waals surface area contributed by atoms with Gasteiger partial charge in [-0.2, -0.15) is 5.26 Å². The molecule has 1 aliphatic rings. The van der Waals surface area contributed by atoms with Crippen molar-refractivity contribution in [2.75, 3.05) is 25.1 Å². The third-order valence-electron chi connectivity index (χ3n) is 3.44. The molecule has 0 bridgehead atoms. The molecule has 7 heteroatoms. The second-order valence-electron chi connectivity index (χ2n) is 5.26. The standard InChI is InChI=1S/C14H17ClN2O3S/c1-21(18,19)9-14(10-4-5-17-8-10)20-12-2-3-13(15)11(6-12)7-16/h2-3,6,10,14,17H,4-5,8-9H2,1H3/t10-,14-/m1/s1. The molecule has 2 atom stereocenters. The Hall–Kier alpha value is -1.29. The maximum absolute atomic E-state index is 11.6. The molecule has 0 aromatic heterocycles. The molecule has 114 valence electrons. The highest BCUT2D eigenvalue weighted by molar-refractivity contribution is 7.90. The Morgan fingerprint density at radius 1 is 1.57 bits per heavy atom. The van der Waals surface area contributed by atoms with Gasteiger partial charge in [0.2, 0.25) is 0 Å². The first-order valence-electron chi connectivity index (χ1n) is 6.64. The predicted molar refractivity (Wildman–Crippen MR) is 81.3 cm³/mol. The molecule has 1 N–H and O–H groups in total. The highest BCUT2D eigenvalue weighted by Crippen LogP contribution is 2.25. The average Bonchev–Trinajstić information content (AvgIpc) is 2.92. The van der Waals surface area contributed by atoms with E-state index in [1.54, 1.807) is 18.2 Å². The number of hydrogen-bond acceptors (Lipinski definition) is 5. The van der Waals surface area contributed by atoms with Gasteiger partial charge in [-0.1, -0.05) is 11.6 Å². The van der Waals surface area contributed by atoms with Crippen LogP contribution in [-0.2, 0) is 9.84 Å². The lowest BCUT2D eigenvalue weighted by molar-refractivity contribution is 0.163. The number of hydrogen-bond donors (Lipinski definition) is 1. The van der Waals surface area contributed by atoms with Crippen molar-refractivity contribution in [2.24, 2.45) is 5.92 Å². The third kappa shape index (κ3) is 4.60. The maximum Gasteiger partial charge on any atom is 0.151 e. The summed E-state index contributed by atoms with van der Waals surface area (Å²) in [5, 5.41) is 12.5. The molecular formula is C14H17ClN2O3S. The van der Waals surface area contributed by atoms with E-state index in [2.05, 4.69) is 5.32 Å². The normalized spacial score (nSPS) is 20.0. The fourth-order valence-corrected chi connectivity index (χ4v) is 3.49. The molecule has 1 heterocycles. The Morgan fingerprint density at radius 3 is 2.90 bits per heavy atom. The summed E-state index contributed by atoms with van der Waals surface area (Å²) in [6.07, 6.45) is 1.65. The molecule has 1 aromatic rings. The molecule has 0 unspecified atom stereocenters. The second-order valence-corrected chi connectivity index (χ2v) is 7.85. The van der Waals surface area contributed by atoms with Crippen LogP contribution in [0.25, 0.3) is 0 Å². The van der Waals surface area contributed by atoms with Crippen LogP contribution in [0.2, 0.25) is 5.02 Å². The molecule has 1 saturated heterocycles. The van der Waals surface area contributed by atoms with Crippen LogP contribution in [0.15, 0.2) is 18.2 Å². The summed E-state index contributed by atoms with van der Waals surface area (Å²) < 4.78 is 29.0. The van der Waals surface area contributed by atoms with Gasteiger partial charge >= 0.3 is 0 Å². The van der Waals surface area contributed by atoms with Gasteiger partial charge in [0.25, 0.3) is 0 Å². The van der Waals surface area contributed by atoms with Gasteiger partial charge < -0.3 is 10.1 Å². The lowest BCUT2D eigenvalue weighted by Gasteiger charge is -2.23. The second kappa shape index (κ2) is 6.65. The quantitative estimate of drug-likeness (QED) is 0.888. The number of sulfone groups is 1. The largest absolute Gasteiger partial charge is 0.489 e. The zero-order valence-corrected chi connectivity index (χ0v) is 13.2. The minimum absolute atomic E-state index is 0.0378. The predicted octanol–water partition coefficient (Wildman–Crippen LogP) is 1.61. The van der Waals surface area contributed by atoms with Crippen molar-refractivity contribution in [2.45, 2.75) is 12.5 Å². The molecule has 0 amide bonds. The van der Waals surface area contributed by atoms with E-state index >= 15 is 0 Å². The van der Waals surface area contributed by atoms with Crippen molar-refractivity contribution in [3.63, 3.8) is 0 Å². The SMILES string of the molecule is CS(=O)(=O)C[C@@H](Oc1ccc(Cl)c(C#N)c1)[C@@H]1CCNC1. The maximum atomic E-state index is 11.6. The minimum Gasteiger partial charge on any atom is -0.489 e. The van der Waals surface area contributed by atoms with E-state index in [1.807, 2.05) is 6.07 Å². The van der Waals surface area contributed by atoms with E-state index in [0.717, 1.165) is 19.5 Å². The first-order chi connectivity index (χ1) is 9.89. The molecule has 0 radical (unpaired) electrons. The van der Waals surface area contributed by atoms with Crippen LogP contribution >= 0.6 is 11.6 Å². The molecule has 1 fully saturated rings. The van der Waals surface area contributed by atoms with Crippen molar-refractivity contribution in [1.29, 1.82) is 5.26 Å². The van der Waals surface area contributed by atoms with Gasteiger partial charge in [0.1, 0.15) is 17.9 Å². The Morgan fingerprint density at radius 2 is 2.33 bits per heavy atom. The Kier molecular flexibility index (Phi) is 5.09. The average molecular weight is 329 g/mol. The lowest BCUT2D eigenvalue weighted by Crippen LogP contribution is -2.35. The molecular weight excluding hydrogens is 312 g/mol. The van der Waals surface area contributed by atoms with Crippen molar-refractivity contribution in [3.8, 4) is 11.8 Å². The number of nitrogens with one attached hydrogen (secondary N) is 1. The number of nitrogens with zero attached hydrogens (tertiary/aromatic N) is 1. The Labute approximate surface area is 129 Å². The number of rotatable bonds is 5. The molecule has 0 spiro atoms. The van der Waals surface area contributed by atoms with E-state index in [1.165, 1.54) is 6.26 Å². The van der Waals surface area contributed by atoms with Crippen LogP contribution in [0.1, 0.15) is 12.0 Å². The van der Waals surface area contributed by atoms with Crippen LogP contribution in [0.4, 0.5) is 0 Å². The van der Waals surface area contributed by atoms with Gasteiger partial charge in [0, 0.05) is 18.7 Å². The zero-order valence-electron chi connectivity index (χ0n) is 11.7. The molecule has 5 nitrogen and oxygen atoms in total. The fourth-order valence-electron chi connectivity index (χ4n) is 2.40. The summed E-state index contributed by atoms with van der Waals surface area (Å²) in [5.74, 6) is 0.571. The first-order valence-corrected chi connectivity index (χ1v) is 9.07. The van der Waals surface area contributed by atoms with E-state index in [9.17, 15) is 8.42 Å². The summed E-state index contributed by atoms with van der Waals surface area (Å²) >= 11 is 5.88. The van der Waals surface area contributed by atoms with Crippen LogP contribution in [0, 0.1) is 17.2 Å². The van der Waals surface area contributed by atoms with Crippen LogP contribution in [0.3, 0.4) is 0 Å². The van der Waals surface area contributed by atoms with Gasteiger partial charge in [-0.3, -0.25) is 0 Å². The van der Waals surface area contributed by atoms with Crippen molar-refractivity contribution in [1.82, 2.24) is 5.32 Å². The van der Waals surface area contributed by atoms with E-state index < -0.39 is 15.9 Å².